The SMILES string of the molecule is C=CCN1C(=O)NC2(CCNCC2)C1=O. The number of hydrogen-bond acceptors (Lipinski definition) is 3. The van der Waals surface area contributed by atoms with Crippen LogP contribution in [0.3, 0.4) is 0 Å². The molecule has 0 radical (unpaired) electrons. The molecule has 15 heavy (non-hydrogen) atoms. The van der Waals surface area contributed by atoms with Crippen molar-refractivity contribution in [3.8, 4) is 0 Å². The molecule has 1 spiro atoms. The zero-order valence-electron chi connectivity index (χ0n) is 8.58. The fourth-order valence-electron chi connectivity index (χ4n) is 2.16. The number of nitrogens with zero attached hydrogens (tertiary/aromatic N) is 1. The molecule has 0 atom stereocenters. The molecule has 0 aromatic heterocycles. The van der Waals surface area contributed by atoms with Gasteiger partial charge in [-0.2, -0.15) is 0 Å². The minimum atomic E-state index is -0.647. The standard InChI is InChI=1S/C10H15N3O2/c1-2-7-13-8(14)10(12-9(13)15)3-5-11-6-4-10/h2,11H,1,3-7H2,(H,12,15). The molecule has 2 saturated heterocycles. The number of carbonyl (C=O) groups is 2. The highest BCUT2D eigenvalue weighted by Gasteiger charge is 2.50. The van der Waals surface area contributed by atoms with Crippen molar-refractivity contribution in [2.45, 2.75) is 18.4 Å². The molecule has 82 valence electrons. The molecular weight excluding hydrogens is 194 g/mol. The number of nitrogens with one attached hydrogen (secondary N) is 2. The zero-order valence-corrected chi connectivity index (χ0v) is 8.58. The first kappa shape index (κ1) is 10.2. The molecule has 2 aliphatic rings. The first-order valence-electron chi connectivity index (χ1n) is 5.15. The Morgan fingerprint density at radius 2 is 2.07 bits per heavy atom. The van der Waals surface area contributed by atoms with Crippen molar-refractivity contribution in [1.29, 1.82) is 0 Å². The average Bonchev–Trinajstić information content (AvgIpc) is 2.45. The number of imide groups is 1. The molecule has 0 unspecified atom stereocenters. The van der Waals surface area contributed by atoms with Gasteiger partial charge in [-0.3, -0.25) is 9.69 Å². The molecule has 3 amide bonds. The van der Waals surface area contributed by atoms with Crippen LogP contribution in [0.2, 0.25) is 0 Å². The Labute approximate surface area is 88.5 Å². The number of carbonyl (C=O) groups excluding carboxylic acids is 2. The molecule has 0 aromatic rings. The van der Waals surface area contributed by atoms with Gasteiger partial charge in [0.1, 0.15) is 5.54 Å². The normalized spacial score (nSPS) is 24.4. The summed E-state index contributed by atoms with van der Waals surface area (Å²) in [5, 5.41) is 5.98. The predicted molar refractivity (Wildman–Crippen MR) is 55.3 cm³/mol. The Bertz CT molecular complexity index is 308. The number of amides is 3. The molecule has 0 bridgehead atoms. The summed E-state index contributed by atoms with van der Waals surface area (Å²) < 4.78 is 0. The van der Waals surface area contributed by atoms with E-state index in [4.69, 9.17) is 0 Å². The van der Waals surface area contributed by atoms with E-state index in [-0.39, 0.29) is 11.9 Å². The number of rotatable bonds is 2. The second kappa shape index (κ2) is 3.66. The van der Waals surface area contributed by atoms with Crippen molar-refractivity contribution < 1.29 is 9.59 Å². The fourth-order valence-corrected chi connectivity index (χ4v) is 2.16. The van der Waals surface area contributed by atoms with Crippen molar-refractivity contribution in [3.63, 3.8) is 0 Å². The zero-order chi connectivity index (χ0) is 10.9. The summed E-state index contributed by atoms with van der Waals surface area (Å²) in [5.41, 5.74) is -0.647. The quantitative estimate of drug-likeness (QED) is 0.491. The number of piperidine rings is 1. The second-order valence-electron chi connectivity index (χ2n) is 3.97. The summed E-state index contributed by atoms with van der Waals surface area (Å²) in [5.74, 6) is -0.103. The minimum absolute atomic E-state index is 0.103. The summed E-state index contributed by atoms with van der Waals surface area (Å²) in [6.07, 6.45) is 2.91. The minimum Gasteiger partial charge on any atom is -0.323 e. The van der Waals surface area contributed by atoms with Gasteiger partial charge in [-0.05, 0) is 25.9 Å². The van der Waals surface area contributed by atoms with Crippen LogP contribution in [0.1, 0.15) is 12.8 Å². The average molecular weight is 209 g/mol. The van der Waals surface area contributed by atoms with Crippen LogP contribution in [0.25, 0.3) is 0 Å². The third-order valence-electron chi connectivity index (χ3n) is 3.01. The Morgan fingerprint density at radius 3 is 2.67 bits per heavy atom. The first-order valence-corrected chi connectivity index (χ1v) is 5.15. The van der Waals surface area contributed by atoms with Gasteiger partial charge >= 0.3 is 6.03 Å². The van der Waals surface area contributed by atoms with Crippen molar-refractivity contribution in [2.24, 2.45) is 0 Å². The van der Waals surface area contributed by atoms with Gasteiger partial charge < -0.3 is 10.6 Å². The highest BCUT2D eigenvalue weighted by molar-refractivity contribution is 6.07. The van der Waals surface area contributed by atoms with Crippen LogP contribution in [0.4, 0.5) is 4.79 Å². The molecule has 2 rings (SSSR count). The lowest BCUT2D eigenvalue weighted by Crippen LogP contribution is -2.53. The summed E-state index contributed by atoms with van der Waals surface area (Å²) >= 11 is 0. The molecular formula is C10H15N3O2. The highest BCUT2D eigenvalue weighted by atomic mass is 16.2. The van der Waals surface area contributed by atoms with Crippen molar-refractivity contribution in [3.05, 3.63) is 12.7 Å². The molecule has 2 aliphatic heterocycles. The van der Waals surface area contributed by atoms with E-state index in [2.05, 4.69) is 17.2 Å². The molecule has 0 saturated carbocycles. The van der Waals surface area contributed by atoms with Crippen molar-refractivity contribution in [2.75, 3.05) is 19.6 Å². The number of urea groups is 1. The summed E-state index contributed by atoms with van der Waals surface area (Å²) in [7, 11) is 0. The molecule has 0 aliphatic carbocycles. The van der Waals surface area contributed by atoms with E-state index < -0.39 is 5.54 Å². The third-order valence-corrected chi connectivity index (χ3v) is 3.01. The summed E-state index contributed by atoms with van der Waals surface area (Å²) in [4.78, 5) is 24.9. The monoisotopic (exact) mass is 209 g/mol. The van der Waals surface area contributed by atoms with E-state index in [1.165, 1.54) is 4.90 Å². The van der Waals surface area contributed by atoms with Gasteiger partial charge in [-0.15, -0.1) is 6.58 Å². The van der Waals surface area contributed by atoms with E-state index in [0.29, 0.717) is 19.4 Å². The van der Waals surface area contributed by atoms with Crippen molar-refractivity contribution in [1.82, 2.24) is 15.5 Å². The highest BCUT2D eigenvalue weighted by Crippen LogP contribution is 2.26. The van der Waals surface area contributed by atoms with Gasteiger partial charge in [0.15, 0.2) is 0 Å². The molecule has 2 heterocycles. The van der Waals surface area contributed by atoms with Crippen LogP contribution in [-0.4, -0.2) is 42.0 Å². The Morgan fingerprint density at radius 1 is 1.40 bits per heavy atom. The van der Waals surface area contributed by atoms with Crippen LogP contribution in [-0.2, 0) is 4.79 Å². The summed E-state index contributed by atoms with van der Waals surface area (Å²) in [6.45, 7) is 5.38. The lowest BCUT2D eigenvalue weighted by Gasteiger charge is -2.30. The van der Waals surface area contributed by atoms with Gasteiger partial charge in [-0.25, -0.2) is 4.79 Å². The molecule has 5 nitrogen and oxygen atoms in total. The summed E-state index contributed by atoms with van der Waals surface area (Å²) in [6, 6.07) is -0.290. The van der Waals surface area contributed by atoms with Gasteiger partial charge in [0, 0.05) is 6.54 Å². The molecule has 5 heteroatoms. The molecule has 2 fully saturated rings. The first-order chi connectivity index (χ1) is 7.19. The maximum atomic E-state index is 12.0. The Balaban J connectivity index is 2.19. The van der Waals surface area contributed by atoms with Crippen LogP contribution in [0.5, 0.6) is 0 Å². The lowest BCUT2D eigenvalue weighted by atomic mass is 9.88. The van der Waals surface area contributed by atoms with Crippen LogP contribution < -0.4 is 10.6 Å². The van der Waals surface area contributed by atoms with Gasteiger partial charge in [0.2, 0.25) is 0 Å². The van der Waals surface area contributed by atoms with E-state index in [1.54, 1.807) is 6.08 Å². The van der Waals surface area contributed by atoms with Crippen LogP contribution in [0.15, 0.2) is 12.7 Å². The van der Waals surface area contributed by atoms with Gasteiger partial charge in [0.25, 0.3) is 5.91 Å². The van der Waals surface area contributed by atoms with Crippen LogP contribution in [0, 0.1) is 0 Å². The fraction of sp³-hybridized carbons (Fsp3) is 0.600. The topological polar surface area (TPSA) is 61.4 Å². The lowest BCUT2D eigenvalue weighted by molar-refractivity contribution is -0.131. The van der Waals surface area contributed by atoms with E-state index in [1.807, 2.05) is 0 Å². The molecule has 0 aromatic carbocycles. The Hall–Kier alpha value is -1.36. The Kier molecular flexibility index (Phi) is 2.48. The predicted octanol–water partition coefficient (Wildman–Crippen LogP) is -0.154. The van der Waals surface area contributed by atoms with Gasteiger partial charge in [-0.1, -0.05) is 6.08 Å². The maximum absolute atomic E-state index is 12.0. The van der Waals surface area contributed by atoms with E-state index in [9.17, 15) is 9.59 Å². The third kappa shape index (κ3) is 1.52. The smallest absolute Gasteiger partial charge is 0.323 e. The number of hydrogen-bond donors (Lipinski definition) is 2. The second-order valence-corrected chi connectivity index (χ2v) is 3.97. The van der Waals surface area contributed by atoms with E-state index >= 15 is 0 Å². The largest absolute Gasteiger partial charge is 0.325 e. The van der Waals surface area contributed by atoms with Gasteiger partial charge in [0.05, 0.1) is 0 Å². The maximum Gasteiger partial charge on any atom is 0.325 e. The van der Waals surface area contributed by atoms with Crippen molar-refractivity contribution >= 4 is 11.9 Å². The molecule has 2 N–H and O–H groups in total. The van der Waals surface area contributed by atoms with Crippen LogP contribution >= 0.6 is 0 Å². The van der Waals surface area contributed by atoms with E-state index in [0.717, 1.165) is 13.1 Å².